The Kier molecular flexibility index (Phi) is 5.36. The highest BCUT2D eigenvalue weighted by Gasteiger charge is 2.21. The van der Waals surface area contributed by atoms with Gasteiger partial charge in [0.05, 0.1) is 0 Å². The molecule has 0 aromatic heterocycles. The molecular weight excluding hydrogens is 300 g/mol. The van der Waals surface area contributed by atoms with Gasteiger partial charge in [0.15, 0.2) is 0 Å². The standard InChI is InChI=1S/C12H16N2O2.C8H8/c15-12(16)14-8-6-11(7-9-14)13-10-4-2-1-3-5-10;1-2-4-8-6-5-7(8)3-1/h1-5,11,13H,6-9H2,(H,15,16);1-4H,5-6H2. The quantitative estimate of drug-likeness (QED) is 0.877. The van der Waals surface area contributed by atoms with Gasteiger partial charge in [0.25, 0.3) is 0 Å². The van der Waals surface area contributed by atoms with Crippen LogP contribution in [0.1, 0.15) is 24.0 Å². The molecule has 2 aliphatic rings. The van der Waals surface area contributed by atoms with Crippen molar-refractivity contribution in [2.45, 2.75) is 31.7 Å². The number of para-hydroxylation sites is 1. The Morgan fingerprint density at radius 1 is 0.917 bits per heavy atom. The smallest absolute Gasteiger partial charge is 0.407 e. The van der Waals surface area contributed by atoms with Gasteiger partial charge in [0.1, 0.15) is 0 Å². The van der Waals surface area contributed by atoms with E-state index in [-0.39, 0.29) is 0 Å². The van der Waals surface area contributed by atoms with Crippen molar-refractivity contribution in [3.05, 3.63) is 65.7 Å². The second-order valence-electron chi connectivity index (χ2n) is 6.32. The van der Waals surface area contributed by atoms with Crippen LogP contribution in [-0.4, -0.2) is 35.2 Å². The molecule has 2 aromatic carbocycles. The van der Waals surface area contributed by atoms with Crippen LogP contribution in [0, 0.1) is 0 Å². The zero-order valence-corrected chi connectivity index (χ0v) is 13.8. The fraction of sp³-hybridized carbons (Fsp3) is 0.350. The summed E-state index contributed by atoms with van der Waals surface area (Å²) in [6.07, 6.45) is 3.55. The number of fused-ring (bicyclic) bond motifs is 1. The maximum absolute atomic E-state index is 10.7. The summed E-state index contributed by atoms with van der Waals surface area (Å²) in [4.78, 5) is 12.2. The molecule has 0 spiro atoms. The van der Waals surface area contributed by atoms with Crippen LogP contribution >= 0.6 is 0 Å². The van der Waals surface area contributed by atoms with Crippen LogP contribution in [-0.2, 0) is 12.8 Å². The topological polar surface area (TPSA) is 52.6 Å². The van der Waals surface area contributed by atoms with E-state index < -0.39 is 6.09 Å². The van der Waals surface area contributed by atoms with Gasteiger partial charge in [-0.05, 0) is 48.9 Å². The van der Waals surface area contributed by atoms with E-state index in [1.54, 1.807) is 11.1 Å². The van der Waals surface area contributed by atoms with Gasteiger partial charge in [-0.3, -0.25) is 0 Å². The zero-order chi connectivity index (χ0) is 16.8. The molecule has 2 aromatic rings. The highest BCUT2D eigenvalue weighted by Crippen LogP contribution is 2.20. The molecule has 1 amide bonds. The third-order valence-electron chi connectivity index (χ3n) is 4.69. The van der Waals surface area contributed by atoms with Gasteiger partial charge in [-0.15, -0.1) is 0 Å². The highest BCUT2D eigenvalue weighted by atomic mass is 16.4. The summed E-state index contributed by atoms with van der Waals surface area (Å²) < 4.78 is 0. The summed E-state index contributed by atoms with van der Waals surface area (Å²) in [6, 6.07) is 19.1. The summed E-state index contributed by atoms with van der Waals surface area (Å²) in [5.74, 6) is 0. The number of nitrogens with one attached hydrogen (secondary N) is 1. The lowest BCUT2D eigenvalue weighted by Gasteiger charge is -2.31. The number of likely N-dealkylation sites (tertiary alicyclic amines) is 1. The molecule has 1 aliphatic heterocycles. The minimum Gasteiger partial charge on any atom is -0.465 e. The molecule has 0 saturated carbocycles. The van der Waals surface area contributed by atoms with Crippen molar-refractivity contribution in [3.8, 4) is 0 Å². The summed E-state index contributed by atoms with van der Waals surface area (Å²) in [5.41, 5.74) is 4.20. The molecule has 1 heterocycles. The number of carboxylic acid groups (broad SMARTS) is 1. The Balaban J connectivity index is 0.000000175. The summed E-state index contributed by atoms with van der Waals surface area (Å²) in [5, 5.41) is 12.2. The molecule has 1 aliphatic carbocycles. The molecule has 2 N–H and O–H groups in total. The van der Waals surface area contributed by atoms with E-state index in [0.29, 0.717) is 19.1 Å². The molecule has 126 valence electrons. The number of piperidine rings is 1. The van der Waals surface area contributed by atoms with E-state index in [4.69, 9.17) is 5.11 Å². The summed E-state index contributed by atoms with van der Waals surface area (Å²) >= 11 is 0. The van der Waals surface area contributed by atoms with Gasteiger partial charge in [-0.2, -0.15) is 0 Å². The number of hydrogen-bond donors (Lipinski definition) is 2. The molecule has 0 atom stereocenters. The molecule has 1 saturated heterocycles. The van der Waals surface area contributed by atoms with E-state index in [0.717, 1.165) is 18.5 Å². The first-order chi connectivity index (χ1) is 11.7. The largest absolute Gasteiger partial charge is 0.465 e. The van der Waals surface area contributed by atoms with Crippen molar-refractivity contribution in [2.75, 3.05) is 18.4 Å². The number of amides is 1. The monoisotopic (exact) mass is 324 g/mol. The van der Waals surface area contributed by atoms with Crippen molar-refractivity contribution >= 4 is 11.8 Å². The number of nitrogens with zero attached hydrogens (tertiary/aromatic N) is 1. The summed E-state index contributed by atoms with van der Waals surface area (Å²) in [6.45, 7) is 1.25. The third kappa shape index (κ3) is 4.28. The molecule has 4 heteroatoms. The number of benzene rings is 2. The Morgan fingerprint density at radius 3 is 1.92 bits per heavy atom. The Hall–Kier alpha value is -2.49. The fourth-order valence-corrected chi connectivity index (χ4v) is 3.12. The highest BCUT2D eigenvalue weighted by molar-refractivity contribution is 5.65. The maximum Gasteiger partial charge on any atom is 0.407 e. The molecule has 0 bridgehead atoms. The van der Waals surface area contributed by atoms with Crippen molar-refractivity contribution in [2.24, 2.45) is 0 Å². The fourth-order valence-electron chi connectivity index (χ4n) is 3.12. The molecule has 24 heavy (non-hydrogen) atoms. The number of anilines is 1. The minimum absolute atomic E-state index is 0.387. The summed E-state index contributed by atoms with van der Waals surface area (Å²) in [7, 11) is 0. The van der Waals surface area contributed by atoms with Crippen LogP contribution in [0.3, 0.4) is 0 Å². The Morgan fingerprint density at radius 2 is 1.46 bits per heavy atom. The normalized spacial score (nSPS) is 16.2. The predicted octanol–water partition coefficient (Wildman–Crippen LogP) is 4.03. The van der Waals surface area contributed by atoms with E-state index in [2.05, 4.69) is 29.6 Å². The number of aryl methyl sites for hydroxylation is 2. The average Bonchev–Trinajstić information content (AvgIpc) is 2.58. The predicted molar refractivity (Wildman–Crippen MR) is 96.5 cm³/mol. The molecule has 4 rings (SSSR count). The SMILES string of the molecule is O=C(O)N1CCC(Nc2ccccc2)CC1.c1ccc2c(c1)CC2. The van der Waals surface area contributed by atoms with E-state index in [1.165, 1.54) is 17.7 Å². The lowest BCUT2D eigenvalue weighted by atomic mass is 9.89. The molecule has 0 unspecified atom stereocenters. The van der Waals surface area contributed by atoms with Gasteiger partial charge in [-0.1, -0.05) is 42.5 Å². The van der Waals surface area contributed by atoms with Gasteiger partial charge >= 0.3 is 6.09 Å². The molecule has 0 radical (unpaired) electrons. The second kappa shape index (κ2) is 7.86. The molecular formula is C20H24N2O2. The van der Waals surface area contributed by atoms with Gasteiger partial charge < -0.3 is 15.3 Å². The third-order valence-corrected chi connectivity index (χ3v) is 4.69. The van der Waals surface area contributed by atoms with Gasteiger partial charge in [0.2, 0.25) is 0 Å². The van der Waals surface area contributed by atoms with Crippen molar-refractivity contribution < 1.29 is 9.90 Å². The molecule has 1 fully saturated rings. The van der Waals surface area contributed by atoms with Crippen molar-refractivity contribution in [1.82, 2.24) is 4.90 Å². The van der Waals surface area contributed by atoms with Crippen LogP contribution in [0.2, 0.25) is 0 Å². The lowest BCUT2D eigenvalue weighted by Crippen LogP contribution is -2.41. The molecule has 4 nitrogen and oxygen atoms in total. The van der Waals surface area contributed by atoms with Crippen LogP contribution < -0.4 is 5.32 Å². The van der Waals surface area contributed by atoms with Crippen LogP contribution in [0.25, 0.3) is 0 Å². The average molecular weight is 324 g/mol. The Bertz CT molecular complexity index is 641. The second-order valence-corrected chi connectivity index (χ2v) is 6.32. The van der Waals surface area contributed by atoms with Crippen LogP contribution in [0.4, 0.5) is 10.5 Å². The number of rotatable bonds is 2. The van der Waals surface area contributed by atoms with E-state index in [9.17, 15) is 4.79 Å². The Labute approximate surface area is 143 Å². The van der Waals surface area contributed by atoms with Crippen LogP contribution in [0.5, 0.6) is 0 Å². The number of carbonyl (C=O) groups is 1. The minimum atomic E-state index is -0.807. The number of hydrogen-bond acceptors (Lipinski definition) is 2. The van der Waals surface area contributed by atoms with E-state index in [1.807, 2.05) is 30.3 Å². The zero-order valence-electron chi connectivity index (χ0n) is 13.8. The first-order valence-electron chi connectivity index (χ1n) is 8.58. The van der Waals surface area contributed by atoms with Crippen LogP contribution in [0.15, 0.2) is 54.6 Å². The maximum atomic E-state index is 10.7. The van der Waals surface area contributed by atoms with Crippen molar-refractivity contribution in [3.63, 3.8) is 0 Å². The lowest BCUT2D eigenvalue weighted by molar-refractivity contribution is 0.134. The van der Waals surface area contributed by atoms with Gasteiger partial charge in [-0.25, -0.2) is 4.79 Å². The van der Waals surface area contributed by atoms with Crippen molar-refractivity contribution in [1.29, 1.82) is 0 Å². The first-order valence-corrected chi connectivity index (χ1v) is 8.58. The van der Waals surface area contributed by atoms with Gasteiger partial charge in [0, 0.05) is 24.8 Å². The van der Waals surface area contributed by atoms with E-state index >= 15 is 0 Å². The first kappa shape index (κ1) is 16.4.